The molecule has 0 saturated carbocycles. The summed E-state index contributed by atoms with van der Waals surface area (Å²) >= 11 is 7.58. The number of nitrogens with one attached hydrogen (secondary N) is 1. The molecule has 0 spiro atoms. The van der Waals surface area contributed by atoms with E-state index in [1.807, 2.05) is 42.5 Å². The number of aromatic nitrogens is 2. The Morgan fingerprint density at radius 2 is 2.11 bits per heavy atom. The first kappa shape index (κ1) is 17.9. The molecule has 3 heterocycles. The van der Waals surface area contributed by atoms with Gasteiger partial charge in [0, 0.05) is 24.0 Å². The number of aromatic amines is 1. The number of hydrogen-bond donors (Lipinski definition) is 1. The average Bonchev–Trinajstić information content (AvgIpc) is 3.35. The minimum Gasteiger partial charge on any atom is -0.487 e. The molecule has 1 aliphatic rings. The Morgan fingerprint density at radius 1 is 1.22 bits per heavy atom. The quantitative estimate of drug-likeness (QED) is 0.572. The molecule has 6 heteroatoms. The molecule has 0 fully saturated rings. The van der Waals surface area contributed by atoms with Gasteiger partial charge in [0.2, 0.25) is 0 Å². The molecular formula is C21H19ClN3OS. The van der Waals surface area contributed by atoms with Gasteiger partial charge in [-0.1, -0.05) is 35.9 Å². The second-order valence-electron chi connectivity index (χ2n) is 6.16. The fourth-order valence-electron chi connectivity index (χ4n) is 2.81. The number of hydrogen-bond acceptors (Lipinski definition) is 4. The third-order valence-corrected chi connectivity index (χ3v) is 5.39. The molecule has 0 saturated heterocycles. The lowest BCUT2D eigenvalue weighted by Crippen LogP contribution is -2.15. The van der Waals surface area contributed by atoms with Crippen molar-refractivity contribution in [2.45, 2.75) is 13.0 Å². The number of H-pyrrole nitrogens is 1. The molecule has 0 aliphatic carbocycles. The van der Waals surface area contributed by atoms with Crippen LogP contribution in [0, 0.1) is 6.42 Å². The van der Waals surface area contributed by atoms with E-state index < -0.39 is 0 Å². The number of halogens is 1. The van der Waals surface area contributed by atoms with Crippen LogP contribution < -0.4 is 4.74 Å². The molecule has 1 aromatic carbocycles. The van der Waals surface area contributed by atoms with E-state index in [2.05, 4.69) is 46.1 Å². The van der Waals surface area contributed by atoms with Crippen LogP contribution in [0.25, 0.3) is 5.57 Å². The largest absolute Gasteiger partial charge is 0.487 e. The maximum atomic E-state index is 5.99. The zero-order valence-electron chi connectivity index (χ0n) is 14.6. The molecule has 4 rings (SSSR count). The molecule has 1 N–H and O–H groups in total. The van der Waals surface area contributed by atoms with Crippen molar-refractivity contribution in [2.75, 3.05) is 6.54 Å². The molecule has 0 unspecified atom stereocenters. The third-order valence-electron chi connectivity index (χ3n) is 4.16. The van der Waals surface area contributed by atoms with Gasteiger partial charge in [-0.05, 0) is 48.5 Å². The van der Waals surface area contributed by atoms with E-state index in [4.69, 9.17) is 16.3 Å². The molecule has 0 atom stereocenters. The summed E-state index contributed by atoms with van der Waals surface area (Å²) in [6, 6.07) is 15.8. The van der Waals surface area contributed by atoms with E-state index in [1.165, 1.54) is 10.5 Å². The Balaban J connectivity index is 1.36. The van der Waals surface area contributed by atoms with Crippen LogP contribution in [0.15, 0.2) is 67.0 Å². The summed E-state index contributed by atoms with van der Waals surface area (Å²) in [6.45, 7) is 1.25. The Bertz CT molecular complexity index is 945. The van der Waals surface area contributed by atoms with Gasteiger partial charge in [0.1, 0.15) is 18.1 Å². The van der Waals surface area contributed by atoms with Crippen molar-refractivity contribution in [2.24, 2.45) is 0 Å². The molecule has 0 amide bonds. The van der Waals surface area contributed by atoms with Gasteiger partial charge in [0.25, 0.3) is 0 Å². The van der Waals surface area contributed by atoms with Crippen LogP contribution in [0.4, 0.5) is 0 Å². The zero-order valence-corrected chi connectivity index (χ0v) is 16.2. The predicted octanol–water partition coefficient (Wildman–Crippen LogP) is 5.52. The fourth-order valence-corrected chi connectivity index (χ4v) is 3.80. The van der Waals surface area contributed by atoms with Crippen molar-refractivity contribution in [3.63, 3.8) is 0 Å². The first-order chi connectivity index (χ1) is 13.3. The summed E-state index contributed by atoms with van der Waals surface area (Å²) < 4.78 is 6.58. The minimum absolute atomic E-state index is 0.445. The van der Waals surface area contributed by atoms with Crippen LogP contribution in [-0.4, -0.2) is 21.6 Å². The molecule has 1 radical (unpaired) electrons. The summed E-state index contributed by atoms with van der Waals surface area (Å²) in [5, 5.41) is 7.50. The fraction of sp³-hybridized carbons (Fsp3) is 0.143. The number of benzene rings is 1. The van der Waals surface area contributed by atoms with Crippen molar-refractivity contribution < 1.29 is 4.74 Å². The number of allylic oxidation sites excluding steroid dienone is 2. The zero-order chi connectivity index (χ0) is 18.5. The maximum absolute atomic E-state index is 5.99. The second kappa shape index (κ2) is 8.46. The molecule has 4 nitrogen and oxygen atoms in total. The van der Waals surface area contributed by atoms with E-state index in [1.54, 1.807) is 11.3 Å². The van der Waals surface area contributed by atoms with E-state index in [0.29, 0.717) is 6.61 Å². The molecule has 27 heavy (non-hydrogen) atoms. The third kappa shape index (κ3) is 4.81. The van der Waals surface area contributed by atoms with Gasteiger partial charge in [0.15, 0.2) is 0 Å². The molecule has 0 bridgehead atoms. The molecule has 3 aromatic rings. The Morgan fingerprint density at radius 3 is 2.93 bits per heavy atom. The number of rotatable bonds is 7. The van der Waals surface area contributed by atoms with Gasteiger partial charge in [-0.25, -0.2) is 0 Å². The lowest BCUT2D eigenvalue weighted by Gasteiger charge is -2.20. The van der Waals surface area contributed by atoms with Crippen molar-refractivity contribution in [3.05, 3.63) is 94.0 Å². The average molecular weight is 397 g/mol. The van der Waals surface area contributed by atoms with Gasteiger partial charge < -0.3 is 9.64 Å². The molecule has 2 aromatic heterocycles. The number of para-hydroxylation sites is 1. The van der Waals surface area contributed by atoms with E-state index >= 15 is 0 Å². The number of nitrogens with zero attached hydrogens (tertiary/aromatic N) is 2. The van der Waals surface area contributed by atoms with Gasteiger partial charge in [-0.2, -0.15) is 5.10 Å². The van der Waals surface area contributed by atoms with Crippen LogP contribution >= 0.6 is 22.9 Å². The molecular weight excluding hydrogens is 378 g/mol. The lowest BCUT2D eigenvalue weighted by molar-refractivity contribution is 0.301. The van der Waals surface area contributed by atoms with E-state index in [-0.39, 0.29) is 0 Å². The summed E-state index contributed by atoms with van der Waals surface area (Å²) in [7, 11) is 0. The summed E-state index contributed by atoms with van der Waals surface area (Å²) in [6.07, 6.45) is 9.46. The summed E-state index contributed by atoms with van der Waals surface area (Å²) in [5.74, 6) is 0.845. The van der Waals surface area contributed by atoms with Gasteiger partial charge in [-0.3, -0.25) is 5.10 Å². The highest BCUT2D eigenvalue weighted by Gasteiger charge is 2.11. The van der Waals surface area contributed by atoms with Gasteiger partial charge in [0.05, 0.1) is 10.0 Å². The molecule has 1 aliphatic heterocycles. The van der Waals surface area contributed by atoms with Gasteiger partial charge >= 0.3 is 0 Å². The van der Waals surface area contributed by atoms with Crippen molar-refractivity contribution in [1.82, 2.24) is 15.1 Å². The maximum Gasteiger partial charge on any atom is 0.132 e. The highest BCUT2D eigenvalue weighted by molar-refractivity contribution is 7.16. The van der Waals surface area contributed by atoms with Crippen LogP contribution in [0.1, 0.15) is 22.7 Å². The van der Waals surface area contributed by atoms with E-state index in [0.717, 1.165) is 34.4 Å². The Kier molecular flexibility index (Phi) is 5.61. The number of ether oxygens (including phenoxy) is 1. The monoisotopic (exact) mass is 396 g/mol. The highest BCUT2D eigenvalue weighted by atomic mass is 35.5. The van der Waals surface area contributed by atoms with Crippen molar-refractivity contribution in [1.29, 1.82) is 0 Å². The van der Waals surface area contributed by atoms with Crippen molar-refractivity contribution >= 4 is 28.5 Å². The topological polar surface area (TPSA) is 41.1 Å². The smallest absolute Gasteiger partial charge is 0.132 e. The normalized spacial score (nSPS) is 13.7. The predicted molar refractivity (Wildman–Crippen MR) is 111 cm³/mol. The number of thiophene rings is 1. The Hall–Kier alpha value is -2.50. The summed E-state index contributed by atoms with van der Waals surface area (Å²) in [5.41, 5.74) is 3.11. The van der Waals surface area contributed by atoms with Gasteiger partial charge in [-0.15, -0.1) is 11.3 Å². The Labute approximate surface area is 167 Å². The first-order valence-corrected chi connectivity index (χ1v) is 9.90. The highest BCUT2D eigenvalue weighted by Crippen LogP contribution is 2.25. The first-order valence-electron chi connectivity index (χ1n) is 8.70. The van der Waals surface area contributed by atoms with Crippen LogP contribution in [-0.2, 0) is 6.61 Å². The van der Waals surface area contributed by atoms with Crippen molar-refractivity contribution in [3.8, 4) is 5.75 Å². The SMILES string of the molecule is Clc1ccc([CH]CN2C=CCC(c3cc(COc4ccccc4)n[nH]3)=C2)s1. The second-order valence-corrected chi connectivity index (χ2v) is 7.91. The standard InChI is InChI=1S/C21H19ClN3OS/c22-21-9-8-19(27-21)10-12-25-11-4-5-16(14-25)20-13-17(23-24-20)15-26-18-6-2-1-3-7-18/h1-4,6-11,13-14H,5,12,15H2,(H,23,24). The van der Waals surface area contributed by atoms with E-state index in [9.17, 15) is 0 Å². The van der Waals surface area contributed by atoms with Crippen LogP contribution in [0.2, 0.25) is 4.34 Å². The lowest BCUT2D eigenvalue weighted by atomic mass is 10.1. The van der Waals surface area contributed by atoms with Crippen LogP contribution in [0.3, 0.4) is 0 Å². The minimum atomic E-state index is 0.445. The summed E-state index contributed by atoms with van der Waals surface area (Å²) in [4.78, 5) is 3.34. The molecule has 137 valence electrons. The van der Waals surface area contributed by atoms with Crippen LogP contribution in [0.5, 0.6) is 5.75 Å².